The number of esters is 1. The van der Waals surface area contributed by atoms with E-state index in [0.29, 0.717) is 17.0 Å². The first-order chi connectivity index (χ1) is 10.6. The number of benzene rings is 1. The van der Waals surface area contributed by atoms with E-state index < -0.39 is 12.1 Å². The Labute approximate surface area is 134 Å². The second kappa shape index (κ2) is 7.73. The number of carbonyl (C=O) groups excluding carboxylic acids is 1. The lowest BCUT2D eigenvalue weighted by Gasteiger charge is -2.13. The summed E-state index contributed by atoms with van der Waals surface area (Å²) in [4.78, 5) is 15.8. The molecule has 0 saturated carbocycles. The van der Waals surface area contributed by atoms with E-state index in [-0.39, 0.29) is 12.2 Å². The van der Waals surface area contributed by atoms with E-state index in [0.717, 1.165) is 5.56 Å². The van der Waals surface area contributed by atoms with E-state index in [2.05, 4.69) is 11.6 Å². The van der Waals surface area contributed by atoms with Gasteiger partial charge in [-0.05, 0) is 23.8 Å². The molecular weight excluding hydrogens is 302 g/mol. The lowest BCUT2D eigenvalue weighted by atomic mass is 10.1. The summed E-state index contributed by atoms with van der Waals surface area (Å²) in [6.07, 6.45) is 2.49. The number of pyridine rings is 1. The van der Waals surface area contributed by atoms with E-state index in [1.165, 1.54) is 6.20 Å². The fraction of sp³-hybridized carbons (Fsp3) is 0.176. The number of nitrogens with zero attached hydrogens (tertiary/aromatic N) is 1. The van der Waals surface area contributed by atoms with Crippen molar-refractivity contribution in [3.8, 4) is 0 Å². The minimum absolute atomic E-state index is 0.0147. The molecule has 1 atom stereocenters. The van der Waals surface area contributed by atoms with Gasteiger partial charge < -0.3 is 9.84 Å². The Hall–Kier alpha value is -2.17. The second-order valence-corrected chi connectivity index (χ2v) is 5.17. The van der Waals surface area contributed by atoms with Gasteiger partial charge >= 0.3 is 5.97 Å². The van der Waals surface area contributed by atoms with E-state index in [9.17, 15) is 9.90 Å². The van der Waals surface area contributed by atoms with Gasteiger partial charge in [0.1, 0.15) is 6.10 Å². The van der Waals surface area contributed by atoms with Crippen LogP contribution in [0.5, 0.6) is 0 Å². The molecule has 1 aromatic carbocycles. The lowest BCUT2D eigenvalue weighted by Crippen LogP contribution is -2.15. The molecule has 0 aliphatic carbocycles. The zero-order valence-electron chi connectivity index (χ0n) is 11.9. The van der Waals surface area contributed by atoms with Crippen molar-refractivity contribution in [3.63, 3.8) is 0 Å². The number of aromatic nitrogens is 1. The number of carbonyl (C=O) groups is 1. The molecular formula is C17H16ClNO3. The van der Waals surface area contributed by atoms with Crippen LogP contribution in [0.15, 0.2) is 60.9 Å². The Morgan fingerprint density at radius 2 is 2.18 bits per heavy atom. The first-order valence-electron chi connectivity index (χ1n) is 6.76. The standard InChI is InChI=1S/C17H16ClNO3/c1-12(16(20)14-5-3-8-19-11-14)17(21)22-9-7-13-4-2-6-15(18)10-13/h2-6,8,10-11,16,20H,1,7,9H2. The molecule has 0 radical (unpaired) electrons. The third kappa shape index (κ3) is 4.41. The quantitative estimate of drug-likeness (QED) is 0.657. The summed E-state index contributed by atoms with van der Waals surface area (Å²) in [7, 11) is 0. The van der Waals surface area contributed by atoms with Crippen molar-refractivity contribution in [2.24, 2.45) is 0 Å². The van der Waals surface area contributed by atoms with E-state index in [1.807, 2.05) is 18.2 Å². The highest BCUT2D eigenvalue weighted by molar-refractivity contribution is 6.30. The number of hydrogen-bond acceptors (Lipinski definition) is 4. The SMILES string of the molecule is C=C(C(=O)OCCc1cccc(Cl)c1)C(O)c1cccnc1. The van der Waals surface area contributed by atoms with Gasteiger partial charge in [-0.25, -0.2) is 4.79 Å². The molecule has 2 aromatic rings. The van der Waals surface area contributed by atoms with Crippen molar-refractivity contribution in [1.29, 1.82) is 0 Å². The molecule has 1 N–H and O–H groups in total. The Bertz CT molecular complexity index is 658. The van der Waals surface area contributed by atoms with Gasteiger partial charge in [-0.2, -0.15) is 0 Å². The van der Waals surface area contributed by atoms with Crippen LogP contribution in [0.2, 0.25) is 5.02 Å². The van der Waals surface area contributed by atoms with Gasteiger partial charge in [0.25, 0.3) is 0 Å². The van der Waals surface area contributed by atoms with Gasteiger partial charge in [0.2, 0.25) is 0 Å². The summed E-state index contributed by atoms with van der Waals surface area (Å²) in [5.41, 5.74) is 1.46. The topological polar surface area (TPSA) is 59.4 Å². The van der Waals surface area contributed by atoms with Crippen molar-refractivity contribution in [3.05, 3.63) is 77.1 Å². The Morgan fingerprint density at radius 3 is 2.86 bits per heavy atom. The normalized spacial score (nSPS) is 11.7. The van der Waals surface area contributed by atoms with Crippen LogP contribution in [-0.4, -0.2) is 22.7 Å². The number of ether oxygens (including phenoxy) is 1. The van der Waals surface area contributed by atoms with Crippen LogP contribution < -0.4 is 0 Å². The fourth-order valence-corrected chi connectivity index (χ4v) is 2.11. The molecule has 0 fully saturated rings. The second-order valence-electron chi connectivity index (χ2n) is 4.73. The first kappa shape index (κ1) is 16.2. The maximum atomic E-state index is 11.9. The zero-order chi connectivity index (χ0) is 15.9. The summed E-state index contributed by atoms with van der Waals surface area (Å²) in [5.74, 6) is -0.626. The predicted molar refractivity (Wildman–Crippen MR) is 84.5 cm³/mol. The van der Waals surface area contributed by atoms with Gasteiger partial charge in [-0.1, -0.05) is 36.4 Å². The Kier molecular flexibility index (Phi) is 5.69. The third-order valence-electron chi connectivity index (χ3n) is 3.11. The molecule has 5 heteroatoms. The molecule has 2 rings (SSSR count). The van der Waals surface area contributed by atoms with Crippen LogP contribution in [0.3, 0.4) is 0 Å². The molecule has 0 spiro atoms. The summed E-state index contributed by atoms with van der Waals surface area (Å²) < 4.78 is 5.13. The molecule has 0 saturated heterocycles. The van der Waals surface area contributed by atoms with Crippen molar-refractivity contribution < 1.29 is 14.6 Å². The molecule has 1 heterocycles. The Morgan fingerprint density at radius 1 is 1.36 bits per heavy atom. The molecule has 4 nitrogen and oxygen atoms in total. The third-order valence-corrected chi connectivity index (χ3v) is 3.34. The van der Waals surface area contributed by atoms with E-state index in [1.54, 1.807) is 24.4 Å². The van der Waals surface area contributed by atoms with Gasteiger partial charge in [0.05, 0.1) is 12.2 Å². The van der Waals surface area contributed by atoms with Gasteiger partial charge in [0, 0.05) is 29.4 Å². The maximum Gasteiger partial charge on any atom is 0.336 e. The zero-order valence-corrected chi connectivity index (χ0v) is 12.7. The molecule has 0 aliphatic heterocycles. The summed E-state index contributed by atoms with van der Waals surface area (Å²) in [6.45, 7) is 3.79. The molecule has 114 valence electrons. The average molecular weight is 318 g/mol. The summed E-state index contributed by atoms with van der Waals surface area (Å²) in [5, 5.41) is 10.7. The van der Waals surface area contributed by atoms with Crippen molar-refractivity contribution in [2.45, 2.75) is 12.5 Å². The van der Waals surface area contributed by atoms with E-state index in [4.69, 9.17) is 16.3 Å². The molecule has 1 unspecified atom stereocenters. The number of rotatable bonds is 6. The van der Waals surface area contributed by atoms with Crippen molar-refractivity contribution in [2.75, 3.05) is 6.61 Å². The highest BCUT2D eigenvalue weighted by Crippen LogP contribution is 2.20. The number of aliphatic hydroxyl groups is 1. The first-order valence-corrected chi connectivity index (χ1v) is 7.14. The monoisotopic (exact) mass is 317 g/mol. The molecule has 22 heavy (non-hydrogen) atoms. The minimum Gasteiger partial charge on any atom is -0.462 e. The molecule has 0 amide bonds. The summed E-state index contributed by atoms with van der Waals surface area (Å²) >= 11 is 5.89. The van der Waals surface area contributed by atoms with Crippen LogP contribution >= 0.6 is 11.6 Å². The average Bonchev–Trinajstić information content (AvgIpc) is 2.54. The van der Waals surface area contributed by atoms with Gasteiger partial charge in [-0.15, -0.1) is 0 Å². The van der Waals surface area contributed by atoms with E-state index >= 15 is 0 Å². The number of aliphatic hydroxyl groups excluding tert-OH is 1. The van der Waals surface area contributed by atoms with Crippen LogP contribution in [-0.2, 0) is 16.0 Å². The molecule has 0 bridgehead atoms. The summed E-state index contributed by atoms with van der Waals surface area (Å²) in [6, 6.07) is 10.7. The Balaban J connectivity index is 1.85. The maximum absolute atomic E-state index is 11.9. The molecule has 1 aromatic heterocycles. The van der Waals surface area contributed by atoms with Crippen molar-refractivity contribution >= 4 is 17.6 Å². The number of hydrogen-bond donors (Lipinski definition) is 1. The molecule has 0 aliphatic rings. The number of halogens is 1. The highest BCUT2D eigenvalue weighted by Gasteiger charge is 2.19. The van der Waals surface area contributed by atoms with Gasteiger partial charge in [0.15, 0.2) is 0 Å². The van der Waals surface area contributed by atoms with Gasteiger partial charge in [-0.3, -0.25) is 4.98 Å². The minimum atomic E-state index is -1.12. The largest absolute Gasteiger partial charge is 0.462 e. The lowest BCUT2D eigenvalue weighted by molar-refractivity contribution is -0.140. The smallest absolute Gasteiger partial charge is 0.336 e. The van der Waals surface area contributed by atoms with Crippen LogP contribution in [0.1, 0.15) is 17.2 Å². The highest BCUT2D eigenvalue weighted by atomic mass is 35.5. The fourth-order valence-electron chi connectivity index (χ4n) is 1.90. The van der Waals surface area contributed by atoms with Crippen LogP contribution in [0.25, 0.3) is 0 Å². The van der Waals surface area contributed by atoms with Crippen LogP contribution in [0.4, 0.5) is 0 Å². The van der Waals surface area contributed by atoms with Crippen LogP contribution in [0, 0.1) is 0 Å². The predicted octanol–water partition coefficient (Wildman–Crippen LogP) is 3.11. The van der Waals surface area contributed by atoms with Crippen molar-refractivity contribution in [1.82, 2.24) is 4.98 Å².